The van der Waals surface area contributed by atoms with E-state index in [9.17, 15) is 4.79 Å². The van der Waals surface area contributed by atoms with Crippen LogP contribution in [0.1, 0.15) is 11.3 Å². The molecule has 0 bridgehead atoms. The second kappa shape index (κ2) is 2.29. The molecule has 0 aromatic carbocycles. The highest BCUT2D eigenvalue weighted by Gasteiger charge is 2.31. The second-order valence-corrected chi connectivity index (χ2v) is 2.89. The number of aromatic amines is 1. The van der Waals surface area contributed by atoms with Gasteiger partial charge in [-0.05, 0) is 13.0 Å². The van der Waals surface area contributed by atoms with Gasteiger partial charge in [-0.25, -0.2) is 0 Å². The maximum atomic E-state index is 11.1. The molecule has 0 saturated carbocycles. The predicted octanol–water partition coefficient (Wildman–Crippen LogP) is -1.44. The molecule has 2 rings (SSSR count). The van der Waals surface area contributed by atoms with Crippen molar-refractivity contribution in [3.63, 3.8) is 0 Å². The molecule has 2 N–H and O–H groups in total. The monoisotopic (exact) mass is 160 g/mol. The fourth-order valence-corrected chi connectivity index (χ4v) is 1.36. The van der Waals surface area contributed by atoms with Crippen molar-refractivity contribution in [1.82, 2.24) is 10.5 Å². The van der Waals surface area contributed by atoms with Gasteiger partial charge >= 0.3 is 0 Å². The van der Waals surface area contributed by atoms with Crippen LogP contribution in [0.2, 0.25) is 0 Å². The Bertz CT molecular complexity index is 355. The summed E-state index contributed by atoms with van der Waals surface area (Å²) >= 11 is 0. The van der Waals surface area contributed by atoms with Gasteiger partial charge in [0.25, 0.3) is 5.56 Å². The number of H-pyrrole nitrogens is 1. The molecule has 6 heteroatoms. The predicted molar refractivity (Wildman–Crippen MR) is 44.2 cm³/mol. The Morgan fingerprint density at radius 3 is 2.92 bits per heavy atom. The molecule has 0 fully saturated rings. The van der Waals surface area contributed by atoms with Gasteiger partial charge in [0.05, 0.1) is 21.3 Å². The van der Waals surface area contributed by atoms with Crippen LogP contribution in [-0.4, -0.2) is 27.4 Å². The van der Waals surface area contributed by atoms with Crippen molar-refractivity contribution in [2.24, 2.45) is 0 Å². The molecule has 1 aliphatic rings. The summed E-state index contributed by atoms with van der Waals surface area (Å²) in [7, 11) is 11.2. The lowest BCUT2D eigenvalue weighted by atomic mass is 9.58. The summed E-state index contributed by atoms with van der Waals surface area (Å²) in [4.78, 5) is 11.1. The van der Waals surface area contributed by atoms with E-state index in [0.717, 1.165) is 0 Å². The van der Waals surface area contributed by atoms with Crippen LogP contribution in [0.4, 0.5) is 0 Å². The van der Waals surface area contributed by atoms with Crippen LogP contribution in [0.5, 0.6) is 0 Å². The molecule has 12 heavy (non-hydrogen) atoms. The number of rotatable bonds is 0. The molecule has 1 aliphatic heterocycles. The third kappa shape index (κ3) is 0.948. The maximum absolute atomic E-state index is 11.1. The first kappa shape index (κ1) is 7.73. The minimum Gasteiger partial charge on any atom is -0.383 e. The van der Waals surface area contributed by atoms with Crippen LogP contribution in [0.15, 0.2) is 9.32 Å². The molecule has 2 heterocycles. The van der Waals surface area contributed by atoms with Crippen LogP contribution in [0.3, 0.4) is 0 Å². The van der Waals surface area contributed by atoms with Gasteiger partial charge in [-0.15, -0.1) is 0 Å². The molecule has 4 radical (unpaired) electrons. The molecule has 0 aliphatic carbocycles. The van der Waals surface area contributed by atoms with E-state index in [2.05, 4.69) is 10.5 Å². The Morgan fingerprint density at radius 2 is 2.25 bits per heavy atom. The van der Waals surface area contributed by atoms with E-state index in [1.54, 1.807) is 0 Å². The Hall–Kier alpha value is -0.900. The van der Waals surface area contributed by atoms with Crippen molar-refractivity contribution in [3.8, 4) is 0 Å². The number of fused-ring (bicyclic) bond motifs is 1. The third-order valence-corrected chi connectivity index (χ3v) is 1.96. The van der Waals surface area contributed by atoms with Crippen molar-refractivity contribution in [2.45, 2.75) is 11.8 Å². The minimum atomic E-state index is -1.22. The Balaban J connectivity index is 2.61. The first-order valence-corrected chi connectivity index (χ1v) is 3.65. The quantitative estimate of drug-likeness (QED) is 0.456. The third-order valence-electron chi connectivity index (χ3n) is 1.96. The fourth-order valence-electron chi connectivity index (χ4n) is 1.36. The van der Waals surface area contributed by atoms with Crippen LogP contribution < -0.4 is 10.9 Å². The van der Waals surface area contributed by atoms with Gasteiger partial charge in [-0.3, -0.25) is 4.79 Å². The van der Waals surface area contributed by atoms with E-state index in [1.807, 2.05) is 0 Å². The zero-order chi connectivity index (χ0) is 8.77. The summed E-state index contributed by atoms with van der Waals surface area (Å²) in [6, 6.07) is 0. The van der Waals surface area contributed by atoms with Crippen LogP contribution in [-0.2, 0) is 11.8 Å². The van der Waals surface area contributed by atoms with Crippen molar-refractivity contribution in [2.75, 3.05) is 6.54 Å². The SMILES string of the molecule is [B]C1([B])NCCc2c1o[nH]c2=O. The Labute approximate surface area is 71.5 Å². The van der Waals surface area contributed by atoms with Gasteiger partial charge in [0.2, 0.25) is 0 Å². The lowest BCUT2D eigenvalue weighted by Crippen LogP contribution is -2.48. The van der Waals surface area contributed by atoms with E-state index >= 15 is 0 Å². The topological polar surface area (TPSA) is 58.0 Å². The summed E-state index contributed by atoms with van der Waals surface area (Å²) in [5.74, 6) is 0.304. The summed E-state index contributed by atoms with van der Waals surface area (Å²) in [6.45, 7) is 0.586. The Morgan fingerprint density at radius 1 is 1.50 bits per heavy atom. The standard InChI is InChI=1S/C6H6B2N2O2/c7-6(8)4-3(1-2-9-6)5(11)10-12-4/h9H,1-2H2,(H,10,11). The van der Waals surface area contributed by atoms with Gasteiger partial charge in [-0.1, -0.05) is 0 Å². The zero-order valence-electron chi connectivity index (χ0n) is 6.39. The smallest absolute Gasteiger partial charge is 0.283 e. The van der Waals surface area contributed by atoms with Crippen LogP contribution >= 0.6 is 0 Å². The van der Waals surface area contributed by atoms with Gasteiger partial charge < -0.3 is 9.84 Å². The largest absolute Gasteiger partial charge is 0.383 e. The molecule has 0 amide bonds. The molecule has 58 valence electrons. The van der Waals surface area contributed by atoms with E-state index in [0.29, 0.717) is 24.3 Å². The van der Waals surface area contributed by atoms with Crippen LogP contribution in [0, 0.1) is 0 Å². The minimum absolute atomic E-state index is 0.244. The number of hydrogen-bond donors (Lipinski definition) is 2. The van der Waals surface area contributed by atoms with E-state index in [1.165, 1.54) is 0 Å². The number of hydrogen-bond acceptors (Lipinski definition) is 3. The first-order valence-electron chi connectivity index (χ1n) is 3.65. The summed E-state index contributed by atoms with van der Waals surface area (Å²) < 4.78 is 4.85. The van der Waals surface area contributed by atoms with E-state index in [4.69, 9.17) is 20.2 Å². The van der Waals surface area contributed by atoms with E-state index in [-0.39, 0.29) is 5.56 Å². The van der Waals surface area contributed by atoms with Crippen LogP contribution in [0.25, 0.3) is 0 Å². The second-order valence-electron chi connectivity index (χ2n) is 2.89. The highest BCUT2D eigenvalue weighted by Crippen LogP contribution is 2.19. The molecule has 1 aromatic heterocycles. The van der Waals surface area contributed by atoms with Gasteiger partial charge in [-0.2, -0.15) is 5.16 Å². The number of aromatic nitrogens is 1. The molecule has 0 atom stereocenters. The average Bonchev–Trinajstić information content (AvgIpc) is 2.33. The zero-order valence-corrected chi connectivity index (χ0v) is 6.39. The van der Waals surface area contributed by atoms with Gasteiger partial charge in [0.1, 0.15) is 5.76 Å². The normalized spacial score (nSPS) is 20.3. The number of nitrogens with one attached hydrogen (secondary N) is 2. The molecular formula is C6H6B2N2O2. The van der Waals surface area contributed by atoms with Crippen molar-refractivity contribution in [1.29, 1.82) is 0 Å². The summed E-state index contributed by atoms with van der Waals surface area (Å²) in [5, 5.41) is 3.82. The van der Waals surface area contributed by atoms with Gasteiger partial charge in [0, 0.05) is 5.34 Å². The molecule has 4 nitrogen and oxygen atoms in total. The summed E-state index contributed by atoms with van der Waals surface area (Å²) in [5.41, 5.74) is 0.297. The fraction of sp³-hybridized carbons (Fsp3) is 0.500. The van der Waals surface area contributed by atoms with Gasteiger partial charge in [0.15, 0.2) is 0 Å². The van der Waals surface area contributed by atoms with Crippen molar-refractivity contribution < 1.29 is 4.52 Å². The Kier molecular flexibility index (Phi) is 1.48. The highest BCUT2D eigenvalue weighted by atomic mass is 16.5. The molecule has 0 spiro atoms. The molecule has 1 aromatic rings. The molecule has 0 saturated heterocycles. The molecular weight excluding hydrogens is 154 g/mol. The first-order chi connectivity index (χ1) is 5.61. The lowest BCUT2D eigenvalue weighted by molar-refractivity contribution is 0.343. The summed E-state index contributed by atoms with van der Waals surface area (Å²) in [6.07, 6.45) is 0.595. The highest BCUT2D eigenvalue weighted by molar-refractivity contribution is 6.39. The lowest BCUT2D eigenvalue weighted by Gasteiger charge is -2.29. The average molecular weight is 160 g/mol. The van der Waals surface area contributed by atoms with E-state index < -0.39 is 5.34 Å². The maximum Gasteiger partial charge on any atom is 0.283 e. The van der Waals surface area contributed by atoms with Crippen molar-refractivity contribution >= 4 is 15.7 Å². The molecule has 0 unspecified atom stereocenters. The van der Waals surface area contributed by atoms with Crippen molar-refractivity contribution in [3.05, 3.63) is 21.7 Å².